The maximum Gasteiger partial charge on any atom is 0.283 e. The van der Waals surface area contributed by atoms with Gasteiger partial charge >= 0.3 is 0 Å². The van der Waals surface area contributed by atoms with Gasteiger partial charge in [0.15, 0.2) is 0 Å². The molecular formula is C20H19ClN2O3. The van der Waals surface area contributed by atoms with Crippen LogP contribution in [0.5, 0.6) is 5.75 Å². The summed E-state index contributed by atoms with van der Waals surface area (Å²) in [6, 6.07) is 12.4. The van der Waals surface area contributed by atoms with E-state index < -0.39 is 11.8 Å². The van der Waals surface area contributed by atoms with Gasteiger partial charge in [-0.15, -0.1) is 0 Å². The van der Waals surface area contributed by atoms with E-state index in [0.29, 0.717) is 18.0 Å². The normalized spacial score (nSPS) is 14.2. The second-order valence-corrected chi connectivity index (χ2v) is 6.31. The fourth-order valence-electron chi connectivity index (χ4n) is 2.73. The average molecular weight is 371 g/mol. The van der Waals surface area contributed by atoms with E-state index in [1.54, 1.807) is 24.3 Å². The number of aryl methyl sites for hydroxylation is 1. The smallest absolute Gasteiger partial charge is 0.283 e. The van der Waals surface area contributed by atoms with Gasteiger partial charge < -0.3 is 10.1 Å². The Bertz CT molecular complexity index is 904. The number of carbonyl (C=O) groups excluding carboxylic acids is 2. The lowest BCUT2D eigenvalue weighted by Gasteiger charge is -2.16. The van der Waals surface area contributed by atoms with Gasteiger partial charge in [0.1, 0.15) is 16.5 Å². The highest BCUT2D eigenvalue weighted by atomic mass is 35.5. The van der Waals surface area contributed by atoms with Crippen LogP contribution in [0.25, 0.3) is 0 Å². The second kappa shape index (κ2) is 7.22. The standard InChI is InChI=1S/C20H19ClN2O3/c1-4-26-15-10-8-14(9-11-15)23-19(24)17(21)18(20(23)25)22-16-7-5-6-12(2)13(16)3/h5-11,22H,4H2,1-3H3. The van der Waals surface area contributed by atoms with E-state index in [-0.39, 0.29) is 10.7 Å². The van der Waals surface area contributed by atoms with Crippen molar-refractivity contribution in [2.24, 2.45) is 0 Å². The first-order chi connectivity index (χ1) is 12.4. The quantitative estimate of drug-likeness (QED) is 0.804. The van der Waals surface area contributed by atoms with Crippen molar-refractivity contribution in [1.82, 2.24) is 0 Å². The summed E-state index contributed by atoms with van der Waals surface area (Å²) in [5.74, 6) is -0.359. The molecule has 0 saturated heterocycles. The predicted octanol–water partition coefficient (Wildman–Crippen LogP) is 4.14. The van der Waals surface area contributed by atoms with Crippen LogP contribution >= 0.6 is 11.6 Å². The molecule has 2 amide bonds. The molecule has 6 heteroatoms. The summed E-state index contributed by atoms with van der Waals surface area (Å²) < 4.78 is 5.39. The van der Waals surface area contributed by atoms with Crippen LogP contribution in [0.15, 0.2) is 53.2 Å². The van der Waals surface area contributed by atoms with E-state index in [4.69, 9.17) is 16.3 Å². The van der Waals surface area contributed by atoms with Crippen LogP contribution in [0.2, 0.25) is 0 Å². The van der Waals surface area contributed by atoms with E-state index in [9.17, 15) is 9.59 Å². The molecule has 0 radical (unpaired) electrons. The summed E-state index contributed by atoms with van der Waals surface area (Å²) in [6.45, 7) is 6.34. The number of imide groups is 1. The van der Waals surface area contributed by atoms with Crippen LogP contribution in [0.4, 0.5) is 11.4 Å². The van der Waals surface area contributed by atoms with Crippen LogP contribution in [-0.4, -0.2) is 18.4 Å². The maximum atomic E-state index is 12.8. The van der Waals surface area contributed by atoms with E-state index in [1.165, 1.54) is 0 Å². The van der Waals surface area contributed by atoms with E-state index >= 15 is 0 Å². The highest BCUT2D eigenvalue weighted by Gasteiger charge is 2.39. The monoisotopic (exact) mass is 370 g/mol. The van der Waals surface area contributed by atoms with Gasteiger partial charge in [0.25, 0.3) is 11.8 Å². The number of rotatable bonds is 5. The number of ether oxygens (including phenoxy) is 1. The number of hydrogen-bond donors (Lipinski definition) is 1. The van der Waals surface area contributed by atoms with E-state index in [0.717, 1.165) is 21.7 Å². The average Bonchev–Trinajstić information content (AvgIpc) is 2.83. The first-order valence-corrected chi connectivity index (χ1v) is 8.66. The number of halogens is 1. The second-order valence-electron chi connectivity index (χ2n) is 5.93. The van der Waals surface area contributed by atoms with Gasteiger partial charge in [-0.2, -0.15) is 0 Å². The molecule has 3 rings (SSSR count). The summed E-state index contributed by atoms with van der Waals surface area (Å²) in [7, 11) is 0. The predicted molar refractivity (Wildman–Crippen MR) is 103 cm³/mol. The first kappa shape index (κ1) is 18.0. The highest BCUT2D eigenvalue weighted by Crippen LogP contribution is 2.32. The molecule has 1 N–H and O–H groups in total. The fourth-order valence-corrected chi connectivity index (χ4v) is 2.94. The van der Waals surface area contributed by atoms with Crippen LogP contribution in [0, 0.1) is 13.8 Å². The third-order valence-electron chi connectivity index (χ3n) is 4.30. The highest BCUT2D eigenvalue weighted by molar-refractivity contribution is 6.53. The Morgan fingerprint density at radius 3 is 2.38 bits per heavy atom. The Kier molecular flexibility index (Phi) is 5.00. The van der Waals surface area contributed by atoms with Crippen molar-refractivity contribution >= 4 is 34.8 Å². The summed E-state index contributed by atoms with van der Waals surface area (Å²) >= 11 is 6.17. The van der Waals surface area contributed by atoms with Crippen LogP contribution in [0.3, 0.4) is 0 Å². The number of amides is 2. The summed E-state index contributed by atoms with van der Waals surface area (Å²) in [4.78, 5) is 26.4. The number of carbonyl (C=O) groups is 2. The van der Waals surface area contributed by atoms with Gasteiger partial charge in [0.2, 0.25) is 0 Å². The summed E-state index contributed by atoms with van der Waals surface area (Å²) in [6.07, 6.45) is 0. The topological polar surface area (TPSA) is 58.6 Å². The van der Waals surface area contributed by atoms with Gasteiger partial charge in [-0.3, -0.25) is 9.59 Å². The van der Waals surface area contributed by atoms with Gasteiger partial charge in [0, 0.05) is 5.69 Å². The molecule has 0 aliphatic carbocycles. The SMILES string of the molecule is CCOc1ccc(N2C(=O)C(Cl)=C(Nc3cccc(C)c3C)C2=O)cc1. The molecule has 2 aromatic rings. The van der Waals surface area contributed by atoms with E-state index in [2.05, 4.69) is 5.32 Å². The molecule has 1 aliphatic heterocycles. The van der Waals surface area contributed by atoms with Crippen LogP contribution in [0.1, 0.15) is 18.1 Å². The number of benzene rings is 2. The number of nitrogens with one attached hydrogen (secondary N) is 1. The van der Waals surface area contributed by atoms with Crippen LogP contribution in [-0.2, 0) is 9.59 Å². The molecule has 134 valence electrons. The lowest BCUT2D eigenvalue weighted by Crippen LogP contribution is -2.32. The molecule has 1 heterocycles. The minimum atomic E-state index is -0.548. The molecule has 0 bridgehead atoms. The molecule has 1 aliphatic rings. The molecule has 0 atom stereocenters. The lowest BCUT2D eigenvalue weighted by atomic mass is 10.1. The Labute approximate surface area is 157 Å². The number of hydrogen-bond acceptors (Lipinski definition) is 4. The van der Waals surface area contributed by atoms with Crippen molar-refractivity contribution in [3.8, 4) is 5.75 Å². The van der Waals surface area contributed by atoms with Crippen molar-refractivity contribution in [1.29, 1.82) is 0 Å². The summed E-state index contributed by atoms with van der Waals surface area (Å²) in [5, 5.41) is 2.90. The Balaban J connectivity index is 1.88. The molecule has 0 unspecified atom stereocenters. The first-order valence-electron chi connectivity index (χ1n) is 8.28. The van der Waals surface area contributed by atoms with Gasteiger partial charge in [0.05, 0.1) is 12.3 Å². The lowest BCUT2D eigenvalue weighted by molar-refractivity contribution is -0.120. The van der Waals surface area contributed by atoms with Crippen LogP contribution < -0.4 is 15.0 Å². The van der Waals surface area contributed by atoms with E-state index in [1.807, 2.05) is 39.0 Å². The number of anilines is 2. The van der Waals surface area contributed by atoms with Gasteiger partial charge in [-0.25, -0.2) is 4.90 Å². The molecule has 2 aromatic carbocycles. The Morgan fingerprint density at radius 2 is 1.73 bits per heavy atom. The Hall–Kier alpha value is -2.79. The zero-order valence-corrected chi connectivity index (χ0v) is 15.6. The molecular weight excluding hydrogens is 352 g/mol. The van der Waals surface area contributed by atoms with Gasteiger partial charge in [-0.05, 0) is 62.2 Å². The number of nitrogens with zero attached hydrogens (tertiary/aromatic N) is 1. The molecule has 26 heavy (non-hydrogen) atoms. The summed E-state index contributed by atoms with van der Waals surface area (Å²) in [5.41, 5.74) is 3.34. The molecule has 0 aromatic heterocycles. The van der Waals surface area contributed by atoms with Crippen molar-refractivity contribution in [3.63, 3.8) is 0 Å². The van der Waals surface area contributed by atoms with Crippen molar-refractivity contribution in [3.05, 3.63) is 64.3 Å². The van der Waals surface area contributed by atoms with Crippen molar-refractivity contribution in [2.75, 3.05) is 16.8 Å². The molecule has 5 nitrogen and oxygen atoms in total. The Morgan fingerprint density at radius 1 is 1.04 bits per heavy atom. The molecule has 0 saturated carbocycles. The fraction of sp³-hybridized carbons (Fsp3) is 0.200. The minimum Gasteiger partial charge on any atom is -0.494 e. The van der Waals surface area contributed by atoms with Crippen molar-refractivity contribution < 1.29 is 14.3 Å². The largest absolute Gasteiger partial charge is 0.494 e. The third kappa shape index (κ3) is 3.18. The molecule has 0 spiro atoms. The third-order valence-corrected chi connectivity index (χ3v) is 4.65. The maximum absolute atomic E-state index is 12.8. The molecule has 0 fully saturated rings. The zero-order valence-electron chi connectivity index (χ0n) is 14.8. The van der Waals surface area contributed by atoms with Crippen molar-refractivity contribution in [2.45, 2.75) is 20.8 Å². The zero-order chi connectivity index (χ0) is 18.8. The minimum absolute atomic E-state index is 0.0826. The van der Waals surface area contributed by atoms with Gasteiger partial charge in [-0.1, -0.05) is 23.7 Å².